The zero-order chi connectivity index (χ0) is 14.3. The van der Waals surface area contributed by atoms with Crippen molar-refractivity contribution < 1.29 is 8.42 Å². The Morgan fingerprint density at radius 2 is 2.00 bits per heavy atom. The summed E-state index contributed by atoms with van der Waals surface area (Å²) < 4.78 is 26.8. The summed E-state index contributed by atoms with van der Waals surface area (Å²) in [5, 5.41) is 3.28. The SMILES string of the molecule is CCCCNS(=O)(=O)c1cccc(C(C)NCC)c1. The van der Waals surface area contributed by atoms with Gasteiger partial charge in [-0.2, -0.15) is 0 Å². The molecule has 4 nitrogen and oxygen atoms in total. The van der Waals surface area contributed by atoms with E-state index in [9.17, 15) is 8.42 Å². The van der Waals surface area contributed by atoms with Gasteiger partial charge in [0.2, 0.25) is 10.0 Å². The molecule has 0 radical (unpaired) electrons. The van der Waals surface area contributed by atoms with Gasteiger partial charge in [-0.3, -0.25) is 0 Å². The summed E-state index contributed by atoms with van der Waals surface area (Å²) in [5.74, 6) is 0. The molecule has 1 atom stereocenters. The maximum absolute atomic E-state index is 12.1. The average molecular weight is 284 g/mol. The second-order valence-corrected chi connectivity index (χ2v) is 6.37. The summed E-state index contributed by atoms with van der Waals surface area (Å²) in [6, 6.07) is 7.25. The average Bonchev–Trinajstić information content (AvgIpc) is 2.39. The van der Waals surface area contributed by atoms with E-state index in [0.29, 0.717) is 11.4 Å². The normalized spacial score (nSPS) is 13.4. The van der Waals surface area contributed by atoms with Crippen LogP contribution in [0.3, 0.4) is 0 Å². The molecule has 0 aromatic heterocycles. The lowest BCUT2D eigenvalue weighted by molar-refractivity contribution is 0.576. The number of nitrogens with one attached hydrogen (secondary N) is 2. The third-order valence-electron chi connectivity index (χ3n) is 3.00. The molecule has 1 unspecified atom stereocenters. The van der Waals surface area contributed by atoms with Crippen LogP contribution in [0.5, 0.6) is 0 Å². The van der Waals surface area contributed by atoms with Gasteiger partial charge in [0.1, 0.15) is 0 Å². The molecule has 108 valence electrons. The third-order valence-corrected chi connectivity index (χ3v) is 4.46. The van der Waals surface area contributed by atoms with Crippen molar-refractivity contribution in [1.29, 1.82) is 0 Å². The largest absolute Gasteiger partial charge is 0.310 e. The molecule has 1 aromatic rings. The van der Waals surface area contributed by atoms with E-state index in [2.05, 4.69) is 10.0 Å². The summed E-state index contributed by atoms with van der Waals surface area (Å²) in [4.78, 5) is 0.339. The predicted octanol–water partition coefficient (Wildman–Crippen LogP) is 2.44. The zero-order valence-electron chi connectivity index (χ0n) is 11.9. The molecule has 0 aliphatic carbocycles. The van der Waals surface area contributed by atoms with Crippen LogP contribution in [0.15, 0.2) is 29.2 Å². The second-order valence-electron chi connectivity index (χ2n) is 4.60. The van der Waals surface area contributed by atoms with Gasteiger partial charge in [0.15, 0.2) is 0 Å². The summed E-state index contributed by atoms with van der Waals surface area (Å²) in [7, 11) is -3.38. The van der Waals surface area contributed by atoms with Crippen molar-refractivity contribution in [2.75, 3.05) is 13.1 Å². The zero-order valence-corrected chi connectivity index (χ0v) is 12.8. The quantitative estimate of drug-likeness (QED) is 0.721. The molecule has 0 saturated heterocycles. The lowest BCUT2D eigenvalue weighted by Crippen LogP contribution is -2.25. The number of rotatable bonds is 8. The standard InChI is InChI=1S/C14H24N2O2S/c1-4-6-10-16-19(17,18)14-9-7-8-13(11-14)12(3)15-5-2/h7-9,11-12,15-16H,4-6,10H2,1-3H3. The topological polar surface area (TPSA) is 58.2 Å². The van der Waals surface area contributed by atoms with Crippen LogP contribution in [-0.2, 0) is 10.0 Å². The van der Waals surface area contributed by atoms with Gasteiger partial charge < -0.3 is 5.32 Å². The molecule has 2 N–H and O–H groups in total. The van der Waals surface area contributed by atoms with Gasteiger partial charge in [-0.25, -0.2) is 13.1 Å². The van der Waals surface area contributed by atoms with Gasteiger partial charge in [-0.05, 0) is 37.6 Å². The van der Waals surface area contributed by atoms with E-state index >= 15 is 0 Å². The fourth-order valence-electron chi connectivity index (χ4n) is 1.84. The molecular weight excluding hydrogens is 260 g/mol. The van der Waals surface area contributed by atoms with Crippen LogP contribution < -0.4 is 10.0 Å². The Hall–Kier alpha value is -0.910. The Kier molecular flexibility index (Phi) is 6.48. The molecule has 0 bridgehead atoms. The molecule has 0 spiro atoms. The van der Waals surface area contributed by atoms with Crippen LogP contribution >= 0.6 is 0 Å². The van der Waals surface area contributed by atoms with Crippen molar-refractivity contribution in [2.24, 2.45) is 0 Å². The van der Waals surface area contributed by atoms with E-state index in [1.807, 2.05) is 26.8 Å². The fraction of sp³-hybridized carbons (Fsp3) is 0.571. The van der Waals surface area contributed by atoms with Crippen molar-refractivity contribution in [3.8, 4) is 0 Å². The van der Waals surface area contributed by atoms with Crippen molar-refractivity contribution in [3.63, 3.8) is 0 Å². The molecule has 1 rings (SSSR count). The Bertz CT molecular complexity index is 486. The Morgan fingerprint density at radius 1 is 1.26 bits per heavy atom. The summed E-state index contributed by atoms with van der Waals surface area (Å²) >= 11 is 0. The molecule has 0 amide bonds. The molecule has 5 heteroatoms. The van der Waals surface area contributed by atoms with E-state index in [1.54, 1.807) is 18.2 Å². The Morgan fingerprint density at radius 3 is 2.63 bits per heavy atom. The molecule has 0 saturated carbocycles. The monoisotopic (exact) mass is 284 g/mol. The number of hydrogen-bond acceptors (Lipinski definition) is 3. The van der Waals surface area contributed by atoms with Crippen LogP contribution in [0, 0.1) is 0 Å². The first-order valence-electron chi connectivity index (χ1n) is 6.84. The van der Waals surface area contributed by atoms with Gasteiger partial charge in [-0.15, -0.1) is 0 Å². The molecule has 0 heterocycles. The van der Waals surface area contributed by atoms with Gasteiger partial charge in [0.25, 0.3) is 0 Å². The molecule has 0 aliphatic heterocycles. The maximum atomic E-state index is 12.1. The second kappa shape index (κ2) is 7.62. The van der Waals surface area contributed by atoms with Crippen molar-refractivity contribution >= 4 is 10.0 Å². The van der Waals surface area contributed by atoms with Crippen LogP contribution in [0.25, 0.3) is 0 Å². The van der Waals surface area contributed by atoms with Crippen molar-refractivity contribution in [2.45, 2.75) is 44.6 Å². The summed E-state index contributed by atoms with van der Waals surface area (Å²) in [5.41, 5.74) is 0.986. The molecule has 0 fully saturated rings. The first kappa shape index (κ1) is 16.1. The highest BCUT2D eigenvalue weighted by Gasteiger charge is 2.14. The highest BCUT2D eigenvalue weighted by Crippen LogP contribution is 2.17. The number of sulfonamides is 1. The molecular formula is C14H24N2O2S. The summed E-state index contributed by atoms with van der Waals surface area (Å²) in [6.45, 7) is 7.44. The van der Waals surface area contributed by atoms with E-state index < -0.39 is 10.0 Å². The van der Waals surface area contributed by atoms with Crippen molar-refractivity contribution in [3.05, 3.63) is 29.8 Å². The van der Waals surface area contributed by atoms with Crippen LogP contribution in [0.4, 0.5) is 0 Å². The Labute approximate surface area is 116 Å². The van der Waals surface area contributed by atoms with Crippen LogP contribution in [0.2, 0.25) is 0 Å². The highest BCUT2D eigenvalue weighted by molar-refractivity contribution is 7.89. The maximum Gasteiger partial charge on any atom is 0.240 e. The predicted molar refractivity (Wildman–Crippen MR) is 78.6 cm³/mol. The van der Waals surface area contributed by atoms with E-state index in [4.69, 9.17) is 0 Å². The molecule has 1 aromatic carbocycles. The molecule has 0 aliphatic rings. The fourth-order valence-corrected chi connectivity index (χ4v) is 2.97. The van der Waals surface area contributed by atoms with Crippen molar-refractivity contribution in [1.82, 2.24) is 10.0 Å². The highest BCUT2D eigenvalue weighted by atomic mass is 32.2. The van der Waals surface area contributed by atoms with E-state index in [-0.39, 0.29) is 6.04 Å². The minimum absolute atomic E-state index is 0.149. The lowest BCUT2D eigenvalue weighted by atomic mass is 10.1. The minimum Gasteiger partial charge on any atom is -0.310 e. The van der Waals surface area contributed by atoms with Gasteiger partial charge in [-0.1, -0.05) is 32.4 Å². The van der Waals surface area contributed by atoms with Crippen LogP contribution in [-0.4, -0.2) is 21.5 Å². The summed E-state index contributed by atoms with van der Waals surface area (Å²) in [6.07, 6.45) is 1.83. The van der Waals surface area contributed by atoms with Gasteiger partial charge >= 0.3 is 0 Å². The number of hydrogen-bond donors (Lipinski definition) is 2. The molecule has 19 heavy (non-hydrogen) atoms. The van der Waals surface area contributed by atoms with Gasteiger partial charge in [0, 0.05) is 12.6 Å². The minimum atomic E-state index is -3.38. The number of benzene rings is 1. The van der Waals surface area contributed by atoms with E-state index in [0.717, 1.165) is 24.9 Å². The van der Waals surface area contributed by atoms with Crippen LogP contribution in [0.1, 0.15) is 45.2 Å². The van der Waals surface area contributed by atoms with E-state index in [1.165, 1.54) is 0 Å². The number of unbranched alkanes of at least 4 members (excludes halogenated alkanes) is 1. The first-order chi connectivity index (χ1) is 9.01. The first-order valence-corrected chi connectivity index (χ1v) is 8.32. The third kappa shape index (κ3) is 4.93. The Balaban J connectivity index is 2.86. The lowest BCUT2D eigenvalue weighted by Gasteiger charge is -2.14. The van der Waals surface area contributed by atoms with Gasteiger partial charge in [0.05, 0.1) is 4.90 Å². The smallest absolute Gasteiger partial charge is 0.240 e.